The van der Waals surface area contributed by atoms with Gasteiger partial charge in [-0.1, -0.05) is 0 Å². The van der Waals surface area contributed by atoms with Crippen molar-refractivity contribution in [3.63, 3.8) is 0 Å². The Bertz CT molecular complexity index is 259. The molecule has 12 heavy (non-hydrogen) atoms. The molecule has 0 saturated heterocycles. The number of hydrogen-bond donors (Lipinski definition) is 2. The van der Waals surface area contributed by atoms with Gasteiger partial charge < -0.3 is 10.4 Å². The van der Waals surface area contributed by atoms with Crippen LogP contribution in [0.5, 0.6) is 0 Å². The second-order valence-corrected chi connectivity index (χ2v) is 4.03. The Kier molecular flexibility index (Phi) is 2.44. The molecule has 1 heterocycles. The van der Waals surface area contributed by atoms with Gasteiger partial charge in [0.1, 0.15) is 0 Å². The van der Waals surface area contributed by atoms with E-state index in [0.717, 1.165) is 0 Å². The fourth-order valence-corrected chi connectivity index (χ4v) is 2.79. The average Bonchev–Trinajstić information content (AvgIpc) is 2.62. The van der Waals surface area contributed by atoms with Crippen LogP contribution in [-0.4, -0.2) is 18.3 Å². The number of fused-ring (bicyclic) bond motifs is 1. The fraction of sp³-hybridized carbons (Fsp3) is 0.556. The van der Waals surface area contributed by atoms with Crippen molar-refractivity contribution >= 4 is 11.3 Å². The first kappa shape index (κ1) is 8.23. The number of rotatable bonds is 3. The van der Waals surface area contributed by atoms with Crippen LogP contribution in [0.2, 0.25) is 0 Å². The second kappa shape index (κ2) is 3.56. The van der Waals surface area contributed by atoms with Crippen molar-refractivity contribution < 1.29 is 5.11 Å². The molecule has 0 aliphatic heterocycles. The van der Waals surface area contributed by atoms with E-state index in [0.29, 0.717) is 12.6 Å². The van der Waals surface area contributed by atoms with Gasteiger partial charge in [0, 0.05) is 17.5 Å². The van der Waals surface area contributed by atoms with Crippen molar-refractivity contribution in [1.29, 1.82) is 0 Å². The molecule has 0 radical (unpaired) electrons. The molecule has 1 aromatic heterocycles. The van der Waals surface area contributed by atoms with Gasteiger partial charge >= 0.3 is 0 Å². The van der Waals surface area contributed by atoms with Crippen molar-refractivity contribution in [2.24, 2.45) is 0 Å². The molecule has 2 nitrogen and oxygen atoms in total. The van der Waals surface area contributed by atoms with E-state index in [4.69, 9.17) is 5.11 Å². The number of nitrogens with one attached hydrogen (secondary N) is 1. The van der Waals surface area contributed by atoms with Gasteiger partial charge in [-0.15, -0.1) is 11.3 Å². The lowest BCUT2D eigenvalue weighted by Gasteiger charge is -2.10. The third-order valence-electron chi connectivity index (χ3n) is 2.30. The van der Waals surface area contributed by atoms with Crippen LogP contribution in [0.4, 0.5) is 0 Å². The van der Waals surface area contributed by atoms with Crippen LogP contribution in [0, 0.1) is 0 Å². The van der Waals surface area contributed by atoms with Crippen molar-refractivity contribution in [2.45, 2.75) is 18.9 Å². The van der Waals surface area contributed by atoms with E-state index < -0.39 is 0 Å². The molecule has 1 aliphatic rings. The number of aliphatic hydroxyl groups is 1. The van der Waals surface area contributed by atoms with Crippen molar-refractivity contribution in [3.05, 3.63) is 21.9 Å². The minimum Gasteiger partial charge on any atom is -0.395 e. The normalized spacial score (nSPS) is 21.2. The van der Waals surface area contributed by atoms with Gasteiger partial charge in [-0.3, -0.25) is 0 Å². The van der Waals surface area contributed by atoms with Crippen LogP contribution in [0.25, 0.3) is 0 Å². The largest absolute Gasteiger partial charge is 0.395 e. The van der Waals surface area contributed by atoms with E-state index in [1.54, 1.807) is 0 Å². The quantitative estimate of drug-likeness (QED) is 0.740. The smallest absolute Gasteiger partial charge is 0.0556 e. The third-order valence-corrected chi connectivity index (χ3v) is 3.37. The zero-order valence-electron chi connectivity index (χ0n) is 6.92. The van der Waals surface area contributed by atoms with Crippen LogP contribution >= 0.6 is 11.3 Å². The second-order valence-electron chi connectivity index (χ2n) is 3.08. The molecule has 0 spiro atoms. The summed E-state index contributed by atoms with van der Waals surface area (Å²) >= 11 is 1.83. The van der Waals surface area contributed by atoms with E-state index in [1.807, 2.05) is 11.3 Å². The number of hydrogen-bond acceptors (Lipinski definition) is 3. The monoisotopic (exact) mass is 183 g/mol. The van der Waals surface area contributed by atoms with Crippen LogP contribution in [0.15, 0.2) is 11.4 Å². The fourth-order valence-electron chi connectivity index (χ4n) is 1.72. The summed E-state index contributed by atoms with van der Waals surface area (Å²) in [5.41, 5.74) is 1.50. The molecule has 2 N–H and O–H groups in total. The average molecular weight is 183 g/mol. The maximum atomic E-state index is 8.67. The SMILES string of the molecule is OCCNC1CCc2ccsc21. The molecule has 66 valence electrons. The zero-order chi connectivity index (χ0) is 8.39. The zero-order valence-corrected chi connectivity index (χ0v) is 7.73. The molecule has 1 aromatic rings. The van der Waals surface area contributed by atoms with E-state index in [1.165, 1.54) is 23.3 Å². The maximum absolute atomic E-state index is 8.67. The summed E-state index contributed by atoms with van der Waals surface area (Å²) in [5, 5.41) is 14.2. The third kappa shape index (κ3) is 1.40. The molecule has 0 bridgehead atoms. The van der Waals surface area contributed by atoms with Crippen LogP contribution in [-0.2, 0) is 6.42 Å². The molecule has 0 saturated carbocycles. The molecule has 0 fully saturated rings. The number of aliphatic hydroxyl groups excluding tert-OH is 1. The summed E-state index contributed by atoms with van der Waals surface area (Å²) in [6.07, 6.45) is 2.39. The maximum Gasteiger partial charge on any atom is 0.0556 e. The van der Waals surface area contributed by atoms with Gasteiger partial charge in [0.05, 0.1) is 6.61 Å². The standard InChI is InChI=1S/C9H13NOS/c11-5-4-10-8-2-1-7-3-6-12-9(7)8/h3,6,8,10-11H,1-2,4-5H2. The molecule has 0 aromatic carbocycles. The Morgan fingerprint density at radius 3 is 3.42 bits per heavy atom. The lowest BCUT2D eigenvalue weighted by atomic mass is 10.2. The molecule has 0 amide bonds. The summed E-state index contributed by atoms with van der Waals surface area (Å²) in [6.45, 7) is 0.944. The Hall–Kier alpha value is -0.380. The molecule has 3 heteroatoms. The Labute approximate surface area is 76.2 Å². The topological polar surface area (TPSA) is 32.3 Å². The van der Waals surface area contributed by atoms with Gasteiger partial charge in [0.15, 0.2) is 0 Å². The van der Waals surface area contributed by atoms with Gasteiger partial charge in [0.25, 0.3) is 0 Å². The molecule has 1 aliphatic carbocycles. The van der Waals surface area contributed by atoms with Gasteiger partial charge in [-0.2, -0.15) is 0 Å². The predicted molar refractivity (Wildman–Crippen MR) is 50.5 cm³/mol. The highest BCUT2D eigenvalue weighted by molar-refractivity contribution is 7.10. The number of aryl methyl sites for hydroxylation is 1. The van der Waals surface area contributed by atoms with Crippen LogP contribution in [0.3, 0.4) is 0 Å². The Balaban J connectivity index is 2.02. The van der Waals surface area contributed by atoms with Crippen molar-refractivity contribution in [1.82, 2.24) is 5.32 Å². The summed E-state index contributed by atoms with van der Waals surface area (Å²) in [7, 11) is 0. The van der Waals surface area contributed by atoms with E-state index in [2.05, 4.69) is 16.8 Å². The van der Waals surface area contributed by atoms with E-state index >= 15 is 0 Å². The minimum absolute atomic E-state index is 0.233. The summed E-state index contributed by atoms with van der Waals surface area (Å²) in [4.78, 5) is 1.48. The highest BCUT2D eigenvalue weighted by Gasteiger charge is 2.22. The Morgan fingerprint density at radius 2 is 2.58 bits per heavy atom. The molecule has 1 atom stereocenters. The van der Waals surface area contributed by atoms with Crippen molar-refractivity contribution in [2.75, 3.05) is 13.2 Å². The lowest BCUT2D eigenvalue weighted by molar-refractivity contribution is 0.284. The van der Waals surface area contributed by atoms with Gasteiger partial charge in [0.2, 0.25) is 0 Å². The predicted octanol–water partition coefficient (Wildman–Crippen LogP) is 1.32. The van der Waals surface area contributed by atoms with Crippen LogP contribution < -0.4 is 5.32 Å². The first-order valence-electron chi connectivity index (χ1n) is 4.32. The summed E-state index contributed by atoms with van der Waals surface area (Å²) < 4.78 is 0. The molecule has 2 rings (SSSR count). The summed E-state index contributed by atoms with van der Waals surface area (Å²) in [6, 6.07) is 2.72. The van der Waals surface area contributed by atoms with Crippen LogP contribution in [0.1, 0.15) is 22.9 Å². The first-order chi connectivity index (χ1) is 5.92. The van der Waals surface area contributed by atoms with Gasteiger partial charge in [-0.25, -0.2) is 0 Å². The van der Waals surface area contributed by atoms with Crippen molar-refractivity contribution in [3.8, 4) is 0 Å². The highest BCUT2D eigenvalue weighted by atomic mass is 32.1. The molecular weight excluding hydrogens is 170 g/mol. The minimum atomic E-state index is 0.233. The van der Waals surface area contributed by atoms with E-state index in [-0.39, 0.29) is 6.61 Å². The molecule has 1 unspecified atom stereocenters. The summed E-state index contributed by atoms with van der Waals surface area (Å²) in [5.74, 6) is 0. The first-order valence-corrected chi connectivity index (χ1v) is 5.20. The van der Waals surface area contributed by atoms with Gasteiger partial charge in [-0.05, 0) is 29.9 Å². The van der Waals surface area contributed by atoms with E-state index in [9.17, 15) is 0 Å². The molecular formula is C9H13NOS. The number of thiophene rings is 1. The Morgan fingerprint density at radius 1 is 1.67 bits per heavy atom. The highest BCUT2D eigenvalue weighted by Crippen LogP contribution is 2.34. The lowest BCUT2D eigenvalue weighted by Crippen LogP contribution is -2.21.